The molecule has 0 atom stereocenters. The van der Waals surface area contributed by atoms with Gasteiger partial charge in [-0.25, -0.2) is 5.56 Å². The molecule has 0 amide bonds. The Labute approximate surface area is 268 Å². The molecule has 5 aromatic rings. The van der Waals surface area contributed by atoms with E-state index >= 15 is 0 Å². The molecule has 1 aromatic heterocycles. The summed E-state index contributed by atoms with van der Waals surface area (Å²) >= 11 is 4.87. The number of benzene rings is 4. The summed E-state index contributed by atoms with van der Waals surface area (Å²) in [5, 5.41) is 0. The molecule has 0 N–H and O–H groups in total. The zero-order valence-corrected chi connectivity index (χ0v) is 28.0. The first kappa shape index (κ1) is 32.5. The Morgan fingerprint density at radius 3 is 1.76 bits per heavy atom. The van der Waals surface area contributed by atoms with Crippen LogP contribution in [0.15, 0.2) is 108 Å². The van der Waals surface area contributed by atoms with E-state index in [-0.39, 0.29) is 33.2 Å². The molecule has 0 aliphatic rings. The number of hydrogen-bond acceptors (Lipinski definition) is 2. The fourth-order valence-electron chi connectivity index (χ4n) is 4.30. The molecule has 1 heterocycles. The molecule has 0 aliphatic heterocycles. The van der Waals surface area contributed by atoms with Crippen molar-refractivity contribution in [1.29, 1.82) is 0 Å². The van der Waals surface area contributed by atoms with Gasteiger partial charge in [0.1, 0.15) is 0 Å². The van der Waals surface area contributed by atoms with E-state index in [9.17, 15) is 0 Å². The van der Waals surface area contributed by atoms with E-state index in [1.165, 1.54) is 22.3 Å². The van der Waals surface area contributed by atoms with Gasteiger partial charge in [-0.15, -0.1) is 23.3 Å². The maximum atomic E-state index is 4.87. The average Bonchev–Trinajstić information content (AvgIpc) is 2.94. The molecule has 0 bridgehead atoms. The average molecular weight is 738 g/mol. The number of hydrogen-bond donors (Lipinski definition) is 0. The third kappa shape index (κ3) is 8.99. The van der Waals surface area contributed by atoms with Gasteiger partial charge in [-0.3, -0.25) is 4.98 Å². The summed E-state index contributed by atoms with van der Waals surface area (Å²) in [4.78, 5) is 5.48. The topological polar surface area (TPSA) is 12.9 Å². The summed E-state index contributed by atoms with van der Waals surface area (Å²) in [6.45, 7) is 15.5. The van der Waals surface area contributed by atoms with Crippen LogP contribution in [-0.4, -0.2) is 4.98 Å². The number of pyridine rings is 1. The van der Waals surface area contributed by atoms with Crippen molar-refractivity contribution >= 4 is 12.6 Å². The Morgan fingerprint density at radius 2 is 1.24 bits per heavy atom. The Morgan fingerprint density at radius 1 is 0.634 bits per heavy atom. The summed E-state index contributed by atoms with van der Waals surface area (Å²) < 4.78 is 0. The van der Waals surface area contributed by atoms with Crippen molar-refractivity contribution in [2.75, 3.05) is 0 Å². The third-order valence-electron chi connectivity index (χ3n) is 6.88. The molecule has 0 fully saturated rings. The van der Waals surface area contributed by atoms with Crippen LogP contribution in [0.1, 0.15) is 58.2 Å². The third-order valence-corrected chi connectivity index (χ3v) is 7.16. The van der Waals surface area contributed by atoms with Gasteiger partial charge < -0.3 is 12.6 Å². The van der Waals surface area contributed by atoms with Crippen molar-refractivity contribution in [2.45, 2.75) is 64.2 Å². The van der Waals surface area contributed by atoms with Gasteiger partial charge in [0.05, 0.1) is 0 Å². The summed E-state index contributed by atoms with van der Waals surface area (Å²) in [6.07, 6.45) is 1.83. The van der Waals surface area contributed by atoms with E-state index in [2.05, 4.69) is 120 Å². The Kier molecular flexibility index (Phi) is 10.9. The van der Waals surface area contributed by atoms with Crippen LogP contribution >= 0.6 is 0 Å². The van der Waals surface area contributed by atoms with Gasteiger partial charge in [0, 0.05) is 11.9 Å². The van der Waals surface area contributed by atoms with Crippen LogP contribution in [0.4, 0.5) is 0 Å². The molecule has 0 aliphatic carbocycles. The maximum absolute atomic E-state index is 4.87. The van der Waals surface area contributed by atoms with Gasteiger partial charge in [0.2, 0.25) is 0 Å². The fourth-order valence-corrected chi connectivity index (χ4v) is 4.44. The van der Waals surface area contributed by atoms with Crippen molar-refractivity contribution < 1.29 is 22.4 Å². The Balaban J connectivity index is 0.000000444. The standard InChI is InChI=1S/C31H31N.C7H8S.Au/c1-30(2,3)27-14-10-22(11-15-27)24-19-25(21-26(20-24)29-9-7-8-18-32-29)23-12-16-28(17-13-23)31(4,5)6;1-6-2-4-7(8)5-3-6;/h7-12,14-20H,1-6H3;2-5,8H,1H3;/q-2;;+3/p-1. The van der Waals surface area contributed by atoms with Crippen molar-refractivity contribution in [1.82, 2.24) is 4.98 Å². The first-order chi connectivity index (χ1) is 18.9. The van der Waals surface area contributed by atoms with Crippen molar-refractivity contribution in [3.63, 3.8) is 0 Å². The van der Waals surface area contributed by atoms with Gasteiger partial charge in [-0.2, -0.15) is 40.8 Å². The number of aromatic nitrogens is 1. The molecule has 212 valence electrons. The molecule has 3 heteroatoms. The van der Waals surface area contributed by atoms with Crippen LogP contribution < -0.4 is 0 Å². The fraction of sp³-hybridized carbons (Fsp3) is 0.237. The summed E-state index contributed by atoms with van der Waals surface area (Å²) in [6, 6.07) is 40.7. The molecule has 1 nitrogen and oxygen atoms in total. The summed E-state index contributed by atoms with van der Waals surface area (Å²) in [5.41, 5.74) is 10.5. The first-order valence-electron chi connectivity index (χ1n) is 13.8. The molecule has 41 heavy (non-hydrogen) atoms. The SMILES string of the molecule is CC(C)(C)c1c[c-]c(-c2[c-]c(-c3ccccn3)cc(-c3ccc(C(C)(C)C)cc3)c2)cc1.Cc1ccc([S-])cc1.[Au+3]. The van der Waals surface area contributed by atoms with Gasteiger partial charge in [-0.05, 0) is 34.9 Å². The first-order valence-corrected chi connectivity index (χ1v) is 14.2. The van der Waals surface area contributed by atoms with Crippen LogP contribution in [0.25, 0.3) is 33.5 Å². The molecule has 0 saturated heterocycles. The monoisotopic (exact) mass is 737 g/mol. The Bertz CT molecular complexity index is 1430. The van der Waals surface area contributed by atoms with Crippen molar-refractivity contribution in [3.05, 3.63) is 132 Å². The van der Waals surface area contributed by atoms with Crippen molar-refractivity contribution in [2.24, 2.45) is 0 Å². The van der Waals surface area contributed by atoms with E-state index in [1.54, 1.807) is 0 Å². The molecule has 5 rings (SSSR count). The van der Waals surface area contributed by atoms with E-state index in [0.717, 1.165) is 32.8 Å². The zero-order valence-electron chi connectivity index (χ0n) is 25.0. The predicted octanol–water partition coefficient (Wildman–Crippen LogP) is 10.2. The minimum atomic E-state index is 0. The molecule has 4 aromatic carbocycles. The second kappa shape index (κ2) is 13.8. The minimum Gasteiger partial charge on any atom is -0.780 e. The Hall–Kier alpha value is -3.01. The normalized spacial score (nSPS) is 11.2. The molecule has 0 radical (unpaired) electrons. The predicted molar refractivity (Wildman–Crippen MR) is 172 cm³/mol. The van der Waals surface area contributed by atoms with E-state index in [4.69, 9.17) is 12.6 Å². The maximum Gasteiger partial charge on any atom is 3.00 e. The minimum absolute atomic E-state index is 0. The van der Waals surface area contributed by atoms with Crippen LogP contribution in [0, 0.1) is 19.1 Å². The van der Waals surface area contributed by atoms with Crippen LogP contribution in [0.5, 0.6) is 0 Å². The number of aryl methyl sites for hydroxylation is 1. The van der Waals surface area contributed by atoms with E-state index in [1.807, 2.05) is 48.7 Å². The van der Waals surface area contributed by atoms with Crippen LogP contribution in [0.3, 0.4) is 0 Å². The van der Waals surface area contributed by atoms with E-state index in [0.29, 0.717) is 0 Å². The largest absolute Gasteiger partial charge is 3.00 e. The summed E-state index contributed by atoms with van der Waals surface area (Å²) in [5.74, 6) is 0. The summed E-state index contributed by atoms with van der Waals surface area (Å²) in [7, 11) is 0. The van der Waals surface area contributed by atoms with Crippen LogP contribution in [-0.2, 0) is 45.8 Å². The smallest absolute Gasteiger partial charge is 0.780 e. The van der Waals surface area contributed by atoms with Gasteiger partial charge in [0.15, 0.2) is 0 Å². The van der Waals surface area contributed by atoms with E-state index < -0.39 is 0 Å². The number of rotatable bonds is 3. The molecule has 0 saturated carbocycles. The van der Waals surface area contributed by atoms with Crippen LogP contribution in [0.2, 0.25) is 0 Å². The second-order valence-electron chi connectivity index (χ2n) is 12.3. The zero-order chi connectivity index (χ0) is 28.9. The molecular weight excluding hydrogens is 699 g/mol. The molecule has 0 spiro atoms. The molecular formula is C38H38AuNS. The quantitative estimate of drug-likeness (QED) is 0.104. The van der Waals surface area contributed by atoms with Gasteiger partial charge in [-0.1, -0.05) is 113 Å². The van der Waals surface area contributed by atoms with Gasteiger partial charge in [0.25, 0.3) is 0 Å². The second-order valence-corrected chi connectivity index (χ2v) is 12.8. The molecule has 0 unspecified atom stereocenters. The van der Waals surface area contributed by atoms with Gasteiger partial charge >= 0.3 is 22.4 Å². The number of nitrogens with zero attached hydrogens (tertiary/aromatic N) is 1. The van der Waals surface area contributed by atoms with Crippen molar-refractivity contribution in [3.8, 4) is 33.5 Å².